The van der Waals surface area contributed by atoms with Crippen LogP contribution in [-0.2, 0) is 9.53 Å². The lowest BCUT2D eigenvalue weighted by atomic mass is 9.87. The van der Waals surface area contributed by atoms with Gasteiger partial charge in [-0.1, -0.05) is 20.8 Å². The van der Waals surface area contributed by atoms with Crippen molar-refractivity contribution < 1.29 is 9.53 Å². The molecule has 0 aromatic heterocycles. The number of halogens is 1. The SMILES string of the molecule is CCC(CC)(CCl)NC(=O)C1C(C)OC(C)C1C. The first-order chi connectivity index (χ1) is 8.40. The van der Waals surface area contributed by atoms with E-state index in [0.29, 0.717) is 5.88 Å². The van der Waals surface area contributed by atoms with Gasteiger partial charge in [0.1, 0.15) is 0 Å². The Morgan fingerprint density at radius 2 is 1.78 bits per heavy atom. The van der Waals surface area contributed by atoms with Crippen LogP contribution >= 0.6 is 11.6 Å². The molecule has 0 bridgehead atoms. The maximum Gasteiger partial charge on any atom is 0.226 e. The van der Waals surface area contributed by atoms with Gasteiger partial charge in [0.15, 0.2) is 0 Å². The molecule has 4 unspecified atom stereocenters. The number of hydrogen-bond acceptors (Lipinski definition) is 2. The molecule has 1 aliphatic rings. The molecule has 1 saturated heterocycles. The van der Waals surface area contributed by atoms with E-state index in [4.69, 9.17) is 16.3 Å². The predicted molar refractivity (Wildman–Crippen MR) is 74.8 cm³/mol. The molecule has 4 atom stereocenters. The first kappa shape index (κ1) is 15.8. The van der Waals surface area contributed by atoms with Crippen molar-refractivity contribution in [1.29, 1.82) is 0 Å². The van der Waals surface area contributed by atoms with Crippen LogP contribution in [-0.4, -0.2) is 29.5 Å². The summed E-state index contributed by atoms with van der Waals surface area (Å²) in [6.07, 6.45) is 1.83. The smallest absolute Gasteiger partial charge is 0.226 e. The molecule has 18 heavy (non-hydrogen) atoms. The van der Waals surface area contributed by atoms with Crippen LogP contribution in [0.15, 0.2) is 0 Å². The maximum absolute atomic E-state index is 12.5. The van der Waals surface area contributed by atoms with Crippen LogP contribution in [0.25, 0.3) is 0 Å². The Morgan fingerprint density at radius 1 is 1.22 bits per heavy atom. The van der Waals surface area contributed by atoms with Crippen molar-refractivity contribution in [2.24, 2.45) is 11.8 Å². The highest BCUT2D eigenvalue weighted by molar-refractivity contribution is 6.18. The largest absolute Gasteiger partial charge is 0.374 e. The highest BCUT2D eigenvalue weighted by Gasteiger charge is 2.43. The average molecular weight is 276 g/mol. The lowest BCUT2D eigenvalue weighted by Gasteiger charge is -2.33. The molecule has 106 valence electrons. The lowest BCUT2D eigenvalue weighted by Crippen LogP contribution is -2.52. The zero-order chi connectivity index (χ0) is 13.9. The van der Waals surface area contributed by atoms with Crippen molar-refractivity contribution in [3.05, 3.63) is 0 Å². The summed E-state index contributed by atoms with van der Waals surface area (Å²) in [5.41, 5.74) is -0.274. The van der Waals surface area contributed by atoms with Crippen LogP contribution in [0.1, 0.15) is 47.5 Å². The minimum absolute atomic E-state index is 0.0169. The van der Waals surface area contributed by atoms with E-state index in [-0.39, 0.29) is 35.5 Å². The summed E-state index contributed by atoms with van der Waals surface area (Å²) >= 11 is 6.03. The van der Waals surface area contributed by atoms with Crippen molar-refractivity contribution in [2.75, 3.05) is 5.88 Å². The zero-order valence-electron chi connectivity index (χ0n) is 12.1. The van der Waals surface area contributed by atoms with E-state index < -0.39 is 0 Å². The molecule has 1 N–H and O–H groups in total. The van der Waals surface area contributed by atoms with Crippen LogP contribution in [0.2, 0.25) is 0 Å². The highest BCUT2D eigenvalue weighted by atomic mass is 35.5. The van der Waals surface area contributed by atoms with Crippen molar-refractivity contribution in [3.8, 4) is 0 Å². The van der Waals surface area contributed by atoms with Gasteiger partial charge in [-0.15, -0.1) is 11.6 Å². The van der Waals surface area contributed by atoms with Gasteiger partial charge in [0, 0.05) is 5.88 Å². The van der Waals surface area contributed by atoms with Crippen molar-refractivity contribution in [3.63, 3.8) is 0 Å². The second-order valence-corrected chi connectivity index (χ2v) is 5.81. The quantitative estimate of drug-likeness (QED) is 0.784. The van der Waals surface area contributed by atoms with Crippen LogP contribution in [0.4, 0.5) is 0 Å². The molecule has 3 nitrogen and oxygen atoms in total. The molecule has 0 aromatic carbocycles. The van der Waals surface area contributed by atoms with Crippen LogP contribution in [0.3, 0.4) is 0 Å². The van der Waals surface area contributed by atoms with Crippen molar-refractivity contribution in [2.45, 2.75) is 65.2 Å². The van der Waals surface area contributed by atoms with Gasteiger partial charge in [0.05, 0.1) is 23.7 Å². The molecule has 1 amide bonds. The van der Waals surface area contributed by atoms with Crippen LogP contribution in [0, 0.1) is 11.8 Å². The summed E-state index contributed by atoms with van der Waals surface area (Å²) in [6, 6.07) is 0. The monoisotopic (exact) mass is 275 g/mol. The molecule has 0 aromatic rings. The topological polar surface area (TPSA) is 38.3 Å². The first-order valence-electron chi connectivity index (χ1n) is 6.94. The summed E-state index contributed by atoms with van der Waals surface area (Å²) in [6.45, 7) is 10.2. The number of alkyl halides is 1. The van der Waals surface area contributed by atoms with Gasteiger partial charge < -0.3 is 10.1 Å². The molecule has 0 spiro atoms. The number of amides is 1. The van der Waals surface area contributed by atoms with E-state index in [9.17, 15) is 4.79 Å². The summed E-state index contributed by atoms with van der Waals surface area (Å²) in [5, 5.41) is 3.15. The van der Waals surface area contributed by atoms with Gasteiger partial charge in [-0.3, -0.25) is 4.79 Å². The minimum Gasteiger partial charge on any atom is -0.374 e. The molecule has 0 aliphatic carbocycles. The molecular weight excluding hydrogens is 250 g/mol. The third kappa shape index (κ3) is 3.00. The van der Waals surface area contributed by atoms with Gasteiger partial charge >= 0.3 is 0 Å². The maximum atomic E-state index is 12.5. The molecule has 4 heteroatoms. The number of hydrogen-bond donors (Lipinski definition) is 1. The normalized spacial score (nSPS) is 32.6. The van der Waals surface area contributed by atoms with E-state index in [2.05, 4.69) is 26.1 Å². The molecule has 1 fully saturated rings. The molecular formula is C14H26ClNO2. The number of ether oxygens (including phenoxy) is 1. The van der Waals surface area contributed by atoms with Gasteiger partial charge in [-0.2, -0.15) is 0 Å². The Kier molecular flexibility index (Phi) is 5.47. The summed E-state index contributed by atoms with van der Waals surface area (Å²) in [4.78, 5) is 12.5. The molecule has 1 heterocycles. The fourth-order valence-corrected chi connectivity index (χ4v) is 3.16. The predicted octanol–water partition coefficient (Wildman–Crippen LogP) is 2.96. The van der Waals surface area contributed by atoms with Gasteiger partial charge in [-0.25, -0.2) is 0 Å². The Bertz CT molecular complexity index is 283. The molecule has 0 radical (unpaired) electrons. The Hall–Kier alpha value is -0.280. The number of nitrogens with one attached hydrogen (secondary N) is 1. The summed E-state index contributed by atoms with van der Waals surface area (Å²) in [5.74, 6) is 0.726. The van der Waals surface area contributed by atoms with Crippen molar-refractivity contribution in [1.82, 2.24) is 5.32 Å². The van der Waals surface area contributed by atoms with E-state index in [1.54, 1.807) is 0 Å². The second-order valence-electron chi connectivity index (χ2n) is 5.54. The number of carbonyl (C=O) groups excluding carboxylic acids is 1. The first-order valence-corrected chi connectivity index (χ1v) is 7.47. The zero-order valence-corrected chi connectivity index (χ0v) is 12.9. The number of carbonyl (C=O) groups is 1. The summed E-state index contributed by atoms with van der Waals surface area (Å²) in [7, 11) is 0. The summed E-state index contributed by atoms with van der Waals surface area (Å²) < 4.78 is 5.73. The minimum atomic E-state index is -0.274. The lowest BCUT2D eigenvalue weighted by molar-refractivity contribution is -0.129. The molecule has 0 saturated carbocycles. The Morgan fingerprint density at radius 3 is 2.11 bits per heavy atom. The van der Waals surface area contributed by atoms with E-state index in [1.807, 2.05) is 13.8 Å². The van der Waals surface area contributed by atoms with Gasteiger partial charge in [-0.05, 0) is 32.6 Å². The second kappa shape index (κ2) is 6.25. The van der Waals surface area contributed by atoms with Crippen LogP contribution < -0.4 is 5.32 Å². The third-order valence-electron chi connectivity index (χ3n) is 4.54. The molecule has 1 aliphatic heterocycles. The fraction of sp³-hybridized carbons (Fsp3) is 0.929. The average Bonchev–Trinajstić information content (AvgIpc) is 2.60. The third-order valence-corrected chi connectivity index (χ3v) is 5.05. The van der Waals surface area contributed by atoms with Crippen molar-refractivity contribution >= 4 is 17.5 Å². The standard InChI is InChI=1S/C14H26ClNO2/c1-6-14(7-2,8-15)16-13(17)12-9(3)10(4)18-11(12)5/h9-12H,6-8H2,1-5H3,(H,16,17). The van der Waals surface area contributed by atoms with Crippen LogP contribution in [0.5, 0.6) is 0 Å². The number of rotatable bonds is 5. The van der Waals surface area contributed by atoms with Gasteiger partial charge in [0.25, 0.3) is 0 Å². The van der Waals surface area contributed by atoms with E-state index in [1.165, 1.54) is 0 Å². The fourth-order valence-electron chi connectivity index (χ4n) is 2.71. The van der Waals surface area contributed by atoms with Gasteiger partial charge in [0.2, 0.25) is 5.91 Å². The highest BCUT2D eigenvalue weighted by Crippen LogP contribution is 2.33. The Balaban J connectivity index is 2.76. The van der Waals surface area contributed by atoms with E-state index in [0.717, 1.165) is 12.8 Å². The Labute approximate surface area is 116 Å². The molecule has 1 rings (SSSR count). The van der Waals surface area contributed by atoms with E-state index >= 15 is 0 Å².